The molecule has 0 aromatic carbocycles. The zero-order valence-corrected chi connectivity index (χ0v) is 11.9. The summed E-state index contributed by atoms with van der Waals surface area (Å²) in [7, 11) is 1.52. The van der Waals surface area contributed by atoms with Crippen molar-refractivity contribution >= 4 is 39.4 Å². The van der Waals surface area contributed by atoms with Gasteiger partial charge in [-0.25, -0.2) is 0 Å². The van der Waals surface area contributed by atoms with E-state index in [1.54, 1.807) is 20.8 Å². The topological polar surface area (TPSA) is 46.6 Å². The van der Waals surface area contributed by atoms with Crippen LogP contribution in [0.3, 0.4) is 0 Å². The third-order valence-electron chi connectivity index (χ3n) is 1.59. The van der Waals surface area contributed by atoms with Crippen LogP contribution < -0.4 is 0 Å². The zero-order chi connectivity index (χ0) is 12.2. The van der Waals surface area contributed by atoms with Crippen LogP contribution in [-0.2, 0) is 9.53 Å². The fraction of sp³-hybridized carbons (Fsp3) is 0.778. The van der Waals surface area contributed by atoms with Gasteiger partial charge in [-0.1, -0.05) is 0 Å². The predicted molar refractivity (Wildman–Crippen MR) is 62.4 cm³/mol. The van der Waals surface area contributed by atoms with Gasteiger partial charge in [0.1, 0.15) is 0 Å². The Kier molecular flexibility index (Phi) is 5.70. The first-order valence-corrected chi connectivity index (χ1v) is 5.95. The van der Waals surface area contributed by atoms with Crippen molar-refractivity contribution in [2.45, 2.75) is 32.4 Å². The summed E-state index contributed by atoms with van der Waals surface area (Å²) >= 11 is 6.36. The molecule has 0 aliphatic rings. The van der Waals surface area contributed by atoms with Crippen molar-refractivity contribution in [3.8, 4) is 0 Å². The van der Waals surface area contributed by atoms with Gasteiger partial charge in [0.15, 0.2) is 0 Å². The monoisotopic (exact) mass is 298 g/mol. The van der Waals surface area contributed by atoms with Crippen molar-refractivity contribution in [3.05, 3.63) is 0 Å². The van der Waals surface area contributed by atoms with E-state index in [9.17, 15) is 9.59 Å². The van der Waals surface area contributed by atoms with Gasteiger partial charge in [-0.05, 0) is 0 Å². The normalized spacial score (nSPS) is 13.1. The number of ether oxygens (including phenoxy) is 1. The summed E-state index contributed by atoms with van der Waals surface area (Å²) in [6.45, 7) is 5.32. The molecule has 0 aromatic rings. The first kappa shape index (κ1) is 14.8. The SMILES string of the molecule is CN(C(=O)OC(C)(C)C)[C@@H](CS)C(=O)[Se]. The number of hydrogen-bond donors (Lipinski definition) is 1. The van der Waals surface area contributed by atoms with Crippen LogP contribution in [0.15, 0.2) is 0 Å². The van der Waals surface area contributed by atoms with E-state index in [1.807, 2.05) is 0 Å². The van der Waals surface area contributed by atoms with Crippen molar-refractivity contribution in [2.75, 3.05) is 12.8 Å². The standard InChI is InChI=1S/C9H16NO3SSe/c1-9(2,3)13-8(12)10(4)6(5-14)7(11)15/h6,14H,5H2,1-4H3/t6-/m0/s1. The number of carbonyl (C=O) groups excluding carboxylic acids is 2. The van der Waals surface area contributed by atoms with E-state index in [0.29, 0.717) is 0 Å². The average Bonchev–Trinajstić information content (AvgIpc) is 2.01. The van der Waals surface area contributed by atoms with Crippen LogP contribution in [0, 0.1) is 0 Å². The van der Waals surface area contributed by atoms with Crippen LogP contribution in [0.5, 0.6) is 0 Å². The Balaban J connectivity index is 4.49. The van der Waals surface area contributed by atoms with Gasteiger partial charge >= 0.3 is 104 Å². The van der Waals surface area contributed by atoms with E-state index in [4.69, 9.17) is 4.74 Å². The van der Waals surface area contributed by atoms with Gasteiger partial charge < -0.3 is 0 Å². The van der Waals surface area contributed by atoms with Gasteiger partial charge in [-0.3, -0.25) is 0 Å². The first-order valence-electron chi connectivity index (χ1n) is 4.46. The number of carbonyl (C=O) groups is 2. The molecule has 0 aliphatic heterocycles. The van der Waals surface area contributed by atoms with Gasteiger partial charge in [0.2, 0.25) is 0 Å². The fourth-order valence-corrected chi connectivity index (χ4v) is 2.01. The third-order valence-corrected chi connectivity index (χ3v) is 2.51. The summed E-state index contributed by atoms with van der Waals surface area (Å²) in [6.07, 6.45) is -0.523. The number of hydrogen-bond acceptors (Lipinski definition) is 4. The Morgan fingerprint density at radius 2 is 1.93 bits per heavy atom. The molecule has 6 heteroatoms. The maximum absolute atomic E-state index is 11.6. The number of amides is 1. The Labute approximate surface area is 104 Å². The molecule has 0 heterocycles. The summed E-state index contributed by atoms with van der Waals surface area (Å²) in [4.78, 5) is 23.9. The van der Waals surface area contributed by atoms with Crippen LogP contribution in [0.1, 0.15) is 20.8 Å². The van der Waals surface area contributed by atoms with Crippen LogP contribution >= 0.6 is 12.6 Å². The minimum absolute atomic E-state index is 0.224. The van der Waals surface area contributed by atoms with Crippen molar-refractivity contribution in [2.24, 2.45) is 0 Å². The van der Waals surface area contributed by atoms with Crippen molar-refractivity contribution < 1.29 is 14.3 Å². The van der Waals surface area contributed by atoms with Gasteiger partial charge in [-0.15, -0.1) is 0 Å². The Bertz CT molecular complexity index is 252. The molecule has 0 spiro atoms. The second kappa shape index (κ2) is 5.77. The molecule has 0 aliphatic carbocycles. The average molecular weight is 297 g/mol. The molecule has 0 N–H and O–H groups in total. The summed E-state index contributed by atoms with van der Waals surface area (Å²) in [5.41, 5.74) is -0.563. The summed E-state index contributed by atoms with van der Waals surface area (Å²) < 4.78 is 4.90. The number of thiol groups is 1. The second-order valence-electron chi connectivity index (χ2n) is 4.11. The molecule has 0 fully saturated rings. The Morgan fingerprint density at radius 3 is 2.20 bits per heavy atom. The Hall–Kier alpha value is -0.191. The molecular weight excluding hydrogens is 281 g/mol. The number of likely N-dealkylation sites (N-methyl/N-ethyl adjacent to an activating group) is 1. The van der Waals surface area contributed by atoms with Crippen LogP contribution in [-0.4, -0.2) is 56.1 Å². The second-order valence-corrected chi connectivity index (χ2v) is 5.32. The summed E-state index contributed by atoms with van der Waals surface area (Å²) in [5, 5.41) is 0. The number of nitrogens with zero attached hydrogens (tertiary/aromatic N) is 1. The van der Waals surface area contributed by atoms with Gasteiger partial charge in [-0.2, -0.15) is 0 Å². The van der Waals surface area contributed by atoms with E-state index >= 15 is 0 Å². The molecule has 15 heavy (non-hydrogen) atoms. The van der Waals surface area contributed by atoms with Gasteiger partial charge in [0.05, 0.1) is 0 Å². The van der Waals surface area contributed by atoms with E-state index in [0.717, 1.165) is 0 Å². The van der Waals surface area contributed by atoms with E-state index in [2.05, 4.69) is 28.6 Å². The zero-order valence-electron chi connectivity index (χ0n) is 9.31. The van der Waals surface area contributed by atoms with Gasteiger partial charge in [0.25, 0.3) is 0 Å². The molecule has 0 aromatic heterocycles. The van der Waals surface area contributed by atoms with Crippen molar-refractivity contribution in [1.82, 2.24) is 4.90 Å². The van der Waals surface area contributed by atoms with E-state index in [1.165, 1.54) is 11.9 Å². The molecule has 1 radical (unpaired) electrons. The van der Waals surface area contributed by atoms with Crippen molar-refractivity contribution in [3.63, 3.8) is 0 Å². The fourth-order valence-electron chi connectivity index (χ4n) is 0.816. The molecule has 87 valence electrons. The third kappa shape index (κ3) is 5.44. The molecule has 0 bridgehead atoms. The van der Waals surface area contributed by atoms with E-state index in [-0.39, 0.29) is 10.4 Å². The summed E-state index contributed by atoms with van der Waals surface area (Å²) in [5.74, 6) is 0.265. The molecule has 0 saturated carbocycles. The first-order chi connectivity index (χ1) is 6.69. The minimum atomic E-state index is -0.580. The quantitative estimate of drug-likeness (QED) is 0.620. The van der Waals surface area contributed by atoms with Crippen molar-refractivity contribution in [1.29, 1.82) is 0 Å². The summed E-state index contributed by atoms with van der Waals surface area (Å²) in [6, 6.07) is -0.580. The predicted octanol–water partition coefficient (Wildman–Crippen LogP) is 0.847. The molecule has 1 amide bonds. The van der Waals surface area contributed by atoms with Crippen LogP contribution in [0.2, 0.25) is 0 Å². The Morgan fingerprint density at radius 1 is 1.47 bits per heavy atom. The molecular formula is C9H16NO3SSe. The van der Waals surface area contributed by atoms with E-state index < -0.39 is 17.7 Å². The van der Waals surface area contributed by atoms with Crippen LogP contribution in [0.25, 0.3) is 0 Å². The molecule has 0 rings (SSSR count). The maximum atomic E-state index is 11.6. The number of rotatable bonds is 3. The molecule has 1 atom stereocenters. The molecule has 0 saturated heterocycles. The van der Waals surface area contributed by atoms with Gasteiger partial charge in [0, 0.05) is 0 Å². The molecule has 4 nitrogen and oxygen atoms in total. The van der Waals surface area contributed by atoms with Crippen LogP contribution in [0.4, 0.5) is 4.79 Å². The molecule has 0 unspecified atom stereocenters.